The molecule has 1 aliphatic heterocycles. The molecule has 0 radical (unpaired) electrons. The van der Waals surface area contributed by atoms with Crippen molar-refractivity contribution < 1.29 is 4.79 Å². The van der Waals surface area contributed by atoms with E-state index in [-0.39, 0.29) is 18.1 Å². The average molecular weight is 305 g/mol. The lowest BCUT2D eigenvalue weighted by atomic mass is 10.2. The van der Waals surface area contributed by atoms with Gasteiger partial charge in [0.25, 0.3) is 0 Å². The quantitative estimate of drug-likeness (QED) is 0.947. The van der Waals surface area contributed by atoms with E-state index in [2.05, 4.69) is 27.0 Å². The summed E-state index contributed by atoms with van der Waals surface area (Å²) in [6.07, 6.45) is 3.73. The molecule has 21 heavy (non-hydrogen) atoms. The fourth-order valence-electron chi connectivity index (χ4n) is 2.80. The summed E-state index contributed by atoms with van der Waals surface area (Å²) in [6, 6.07) is 4.16. The van der Waals surface area contributed by atoms with Crippen molar-refractivity contribution in [3.8, 4) is 0 Å². The molecule has 0 saturated carbocycles. The number of rotatable bonds is 3. The summed E-state index contributed by atoms with van der Waals surface area (Å²) in [4.78, 5) is 15.7. The van der Waals surface area contributed by atoms with Gasteiger partial charge in [0.15, 0.2) is 5.82 Å². The third-order valence-electron chi connectivity index (χ3n) is 3.86. The summed E-state index contributed by atoms with van der Waals surface area (Å²) in [5.74, 6) is 0.759. The largest absolute Gasteiger partial charge is 0.328 e. The summed E-state index contributed by atoms with van der Waals surface area (Å²) in [7, 11) is 1.88. The summed E-state index contributed by atoms with van der Waals surface area (Å²) < 4.78 is 1.83. The first-order chi connectivity index (χ1) is 10.2. The summed E-state index contributed by atoms with van der Waals surface area (Å²) in [5.41, 5.74) is 0. The molecule has 1 N–H and O–H groups in total. The Kier molecular flexibility index (Phi) is 3.92. The van der Waals surface area contributed by atoms with E-state index in [1.807, 2.05) is 29.5 Å². The molecule has 112 valence electrons. The molecule has 1 fully saturated rings. The van der Waals surface area contributed by atoms with Crippen molar-refractivity contribution in [2.75, 3.05) is 6.54 Å². The molecule has 0 aliphatic carbocycles. The van der Waals surface area contributed by atoms with E-state index in [9.17, 15) is 4.79 Å². The third-order valence-corrected chi connectivity index (χ3v) is 4.83. The van der Waals surface area contributed by atoms with Crippen molar-refractivity contribution in [3.63, 3.8) is 0 Å². The molecule has 0 bridgehead atoms. The zero-order valence-corrected chi connectivity index (χ0v) is 13.0. The molecule has 0 spiro atoms. The lowest BCUT2D eigenvalue weighted by Crippen LogP contribution is -2.41. The minimum absolute atomic E-state index is 0.0265. The van der Waals surface area contributed by atoms with E-state index >= 15 is 0 Å². The van der Waals surface area contributed by atoms with Crippen LogP contribution in [0.2, 0.25) is 0 Å². The monoisotopic (exact) mass is 305 g/mol. The number of carbonyl (C=O) groups excluding carboxylic acids is 1. The Labute approximate surface area is 127 Å². The van der Waals surface area contributed by atoms with Gasteiger partial charge < -0.3 is 14.8 Å². The van der Waals surface area contributed by atoms with Crippen molar-refractivity contribution in [2.45, 2.75) is 31.8 Å². The Morgan fingerprint density at radius 2 is 2.43 bits per heavy atom. The highest BCUT2D eigenvalue weighted by molar-refractivity contribution is 7.10. The van der Waals surface area contributed by atoms with Crippen molar-refractivity contribution in [2.24, 2.45) is 7.05 Å². The first kappa shape index (κ1) is 14.1. The zero-order valence-electron chi connectivity index (χ0n) is 12.2. The van der Waals surface area contributed by atoms with E-state index in [4.69, 9.17) is 0 Å². The number of nitrogens with one attached hydrogen (secondary N) is 1. The van der Waals surface area contributed by atoms with E-state index in [1.165, 1.54) is 4.88 Å². The number of carbonyl (C=O) groups is 1. The van der Waals surface area contributed by atoms with Gasteiger partial charge in [0.05, 0.1) is 12.1 Å². The van der Waals surface area contributed by atoms with Crippen LogP contribution in [0.3, 0.4) is 0 Å². The standard InChI is InChI=1S/C14H19N5OS/c1-10(13-17-15-9-18(13)2)16-14(20)19-7-3-5-11(19)12-6-4-8-21-12/h4,6,8-11H,3,5,7H2,1-2H3,(H,16,20)/t10-,11+/m1/s1. The average Bonchev–Trinajstić information content (AvgIpc) is 3.19. The van der Waals surface area contributed by atoms with Gasteiger partial charge in [0.2, 0.25) is 0 Å². The predicted molar refractivity (Wildman–Crippen MR) is 80.9 cm³/mol. The van der Waals surface area contributed by atoms with E-state index in [1.54, 1.807) is 17.7 Å². The van der Waals surface area contributed by atoms with Crippen molar-refractivity contribution >= 4 is 17.4 Å². The lowest BCUT2D eigenvalue weighted by molar-refractivity contribution is 0.190. The van der Waals surface area contributed by atoms with Crippen molar-refractivity contribution in [1.82, 2.24) is 25.0 Å². The van der Waals surface area contributed by atoms with Crippen LogP contribution < -0.4 is 5.32 Å². The number of likely N-dealkylation sites (tertiary alicyclic amines) is 1. The van der Waals surface area contributed by atoms with Crippen molar-refractivity contribution in [3.05, 3.63) is 34.5 Å². The van der Waals surface area contributed by atoms with Gasteiger partial charge in [-0.3, -0.25) is 0 Å². The van der Waals surface area contributed by atoms with E-state index < -0.39 is 0 Å². The molecule has 2 atom stereocenters. The van der Waals surface area contributed by atoms with Crippen LogP contribution in [0.4, 0.5) is 4.79 Å². The highest BCUT2D eigenvalue weighted by Gasteiger charge is 2.31. The number of aryl methyl sites for hydroxylation is 1. The molecule has 0 unspecified atom stereocenters. The van der Waals surface area contributed by atoms with Crippen LogP contribution >= 0.6 is 11.3 Å². The van der Waals surface area contributed by atoms with Gasteiger partial charge in [-0.1, -0.05) is 6.07 Å². The third kappa shape index (κ3) is 2.78. The van der Waals surface area contributed by atoms with Gasteiger partial charge in [-0.05, 0) is 31.2 Å². The van der Waals surface area contributed by atoms with Crippen LogP contribution in [0.1, 0.15) is 42.6 Å². The Hall–Kier alpha value is -1.89. The molecule has 2 amide bonds. The normalized spacial score (nSPS) is 19.7. The maximum atomic E-state index is 12.5. The molecule has 2 aromatic heterocycles. The molecule has 3 rings (SSSR count). The number of nitrogens with zero attached hydrogens (tertiary/aromatic N) is 4. The fourth-order valence-corrected chi connectivity index (χ4v) is 3.68. The molecule has 1 saturated heterocycles. The molecular weight excluding hydrogens is 286 g/mol. The van der Waals surface area contributed by atoms with Crippen LogP contribution in [0.15, 0.2) is 23.8 Å². The highest BCUT2D eigenvalue weighted by Crippen LogP contribution is 2.34. The summed E-state index contributed by atoms with van der Waals surface area (Å²) in [5, 5.41) is 13.0. The van der Waals surface area contributed by atoms with E-state index in [0.717, 1.165) is 25.2 Å². The van der Waals surface area contributed by atoms with Gasteiger partial charge in [-0.25, -0.2) is 4.79 Å². The molecular formula is C14H19N5OS. The minimum Gasteiger partial charge on any atom is -0.328 e. The van der Waals surface area contributed by atoms with Gasteiger partial charge >= 0.3 is 6.03 Å². The van der Waals surface area contributed by atoms with Gasteiger partial charge in [-0.15, -0.1) is 21.5 Å². The van der Waals surface area contributed by atoms with Gasteiger partial charge in [-0.2, -0.15) is 0 Å². The number of urea groups is 1. The Balaban J connectivity index is 1.69. The number of hydrogen-bond acceptors (Lipinski definition) is 4. The molecule has 7 heteroatoms. The second kappa shape index (κ2) is 5.85. The van der Waals surface area contributed by atoms with E-state index in [0.29, 0.717) is 0 Å². The number of amides is 2. The Morgan fingerprint density at radius 3 is 3.10 bits per heavy atom. The highest BCUT2D eigenvalue weighted by atomic mass is 32.1. The molecule has 2 aromatic rings. The van der Waals surface area contributed by atoms with Crippen LogP contribution in [0.25, 0.3) is 0 Å². The molecule has 0 aromatic carbocycles. The smallest absolute Gasteiger partial charge is 0.318 e. The summed E-state index contributed by atoms with van der Waals surface area (Å²) >= 11 is 1.71. The second-order valence-corrected chi connectivity index (χ2v) is 6.32. The van der Waals surface area contributed by atoms with Gasteiger partial charge in [0, 0.05) is 18.5 Å². The van der Waals surface area contributed by atoms with Crippen LogP contribution in [0, 0.1) is 0 Å². The number of aromatic nitrogens is 3. The molecule has 6 nitrogen and oxygen atoms in total. The second-order valence-electron chi connectivity index (χ2n) is 5.34. The number of hydrogen-bond donors (Lipinski definition) is 1. The maximum absolute atomic E-state index is 12.5. The minimum atomic E-state index is -0.158. The predicted octanol–water partition coefficient (Wildman–Crippen LogP) is 2.48. The first-order valence-corrected chi connectivity index (χ1v) is 7.99. The van der Waals surface area contributed by atoms with Gasteiger partial charge in [0.1, 0.15) is 6.33 Å². The van der Waals surface area contributed by atoms with Crippen LogP contribution in [-0.4, -0.2) is 32.2 Å². The van der Waals surface area contributed by atoms with Crippen molar-refractivity contribution in [1.29, 1.82) is 0 Å². The first-order valence-electron chi connectivity index (χ1n) is 7.11. The number of thiophene rings is 1. The van der Waals surface area contributed by atoms with Crippen LogP contribution in [0.5, 0.6) is 0 Å². The zero-order chi connectivity index (χ0) is 14.8. The summed E-state index contributed by atoms with van der Waals surface area (Å²) in [6.45, 7) is 2.73. The van der Waals surface area contributed by atoms with Crippen LogP contribution in [-0.2, 0) is 7.05 Å². The Morgan fingerprint density at radius 1 is 1.57 bits per heavy atom. The SMILES string of the molecule is C[C@@H](NC(=O)N1CCC[C@H]1c1cccs1)c1nncn1C. The fraction of sp³-hybridized carbons (Fsp3) is 0.500. The Bertz CT molecular complexity index is 609. The lowest BCUT2D eigenvalue weighted by Gasteiger charge is -2.26. The molecule has 3 heterocycles. The maximum Gasteiger partial charge on any atom is 0.318 e. The molecule has 1 aliphatic rings. The topological polar surface area (TPSA) is 63.1 Å².